The Balaban J connectivity index is 2.20. The first-order valence-electron chi connectivity index (χ1n) is 8.23. The van der Waals surface area contributed by atoms with E-state index in [1.165, 1.54) is 24.8 Å². The summed E-state index contributed by atoms with van der Waals surface area (Å²) in [6.45, 7) is 8.88. The minimum atomic E-state index is 0.569. The highest BCUT2D eigenvalue weighted by molar-refractivity contribution is 5.38. The Hall–Kier alpha value is -1.02. The van der Waals surface area contributed by atoms with Crippen molar-refractivity contribution >= 4 is 0 Å². The van der Waals surface area contributed by atoms with Crippen molar-refractivity contribution in [2.24, 2.45) is 5.92 Å². The van der Waals surface area contributed by atoms with E-state index in [1.807, 2.05) is 0 Å². The summed E-state index contributed by atoms with van der Waals surface area (Å²) in [6, 6.07) is 9.15. The average Bonchev–Trinajstić information content (AvgIpc) is 2.48. The maximum Gasteiger partial charge on any atom is 0.122 e. The minimum Gasteiger partial charge on any atom is -0.493 e. The molecule has 20 heavy (non-hydrogen) atoms. The maximum atomic E-state index is 5.82. The molecule has 1 aromatic rings. The van der Waals surface area contributed by atoms with Crippen molar-refractivity contribution in [2.45, 2.75) is 58.4 Å². The normalized spacial score (nSPS) is 20.9. The lowest BCUT2D eigenvalue weighted by atomic mass is 9.79. The first-order valence-corrected chi connectivity index (χ1v) is 8.23. The summed E-state index contributed by atoms with van der Waals surface area (Å²) in [4.78, 5) is 0. The van der Waals surface area contributed by atoms with Crippen molar-refractivity contribution in [1.82, 2.24) is 5.32 Å². The molecular formula is C18H29NO. The van der Waals surface area contributed by atoms with Crippen LogP contribution in [0.5, 0.6) is 5.75 Å². The van der Waals surface area contributed by atoms with E-state index in [0.29, 0.717) is 17.9 Å². The monoisotopic (exact) mass is 275 g/mol. The van der Waals surface area contributed by atoms with E-state index in [1.54, 1.807) is 0 Å². The van der Waals surface area contributed by atoms with Gasteiger partial charge in [-0.1, -0.05) is 45.4 Å². The molecule has 3 atom stereocenters. The quantitative estimate of drug-likeness (QED) is 0.798. The third-order valence-corrected chi connectivity index (χ3v) is 4.43. The fourth-order valence-corrected chi connectivity index (χ4v) is 3.43. The fraction of sp³-hybridized carbons (Fsp3) is 0.667. The Kier molecular flexibility index (Phi) is 5.90. The molecule has 0 bridgehead atoms. The van der Waals surface area contributed by atoms with Crippen LogP contribution in [0.25, 0.3) is 0 Å². The summed E-state index contributed by atoms with van der Waals surface area (Å²) in [5.41, 5.74) is 1.40. The van der Waals surface area contributed by atoms with Gasteiger partial charge in [0.2, 0.25) is 0 Å². The summed E-state index contributed by atoms with van der Waals surface area (Å²) >= 11 is 0. The van der Waals surface area contributed by atoms with E-state index in [2.05, 4.69) is 50.4 Å². The zero-order valence-corrected chi connectivity index (χ0v) is 13.2. The Morgan fingerprint density at radius 2 is 2.05 bits per heavy atom. The molecule has 112 valence electrons. The molecule has 2 heteroatoms. The van der Waals surface area contributed by atoms with Crippen LogP contribution in [-0.4, -0.2) is 19.2 Å². The highest BCUT2D eigenvalue weighted by Gasteiger charge is 2.31. The van der Waals surface area contributed by atoms with Gasteiger partial charge in [-0.2, -0.15) is 0 Å². The van der Waals surface area contributed by atoms with Gasteiger partial charge in [0.25, 0.3) is 0 Å². The molecular weight excluding hydrogens is 246 g/mol. The summed E-state index contributed by atoms with van der Waals surface area (Å²) in [5.74, 6) is 2.39. The van der Waals surface area contributed by atoms with Crippen LogP contribution in [0.1, 0.15) is 57.9 Å². The van der Waals surface area contributed by atoms with Gasteiger partial charge in [0.15, 0.2) is 0 Å². The van der Waals surface area contributed by atoms with E-state index in [-0.39, 0.29) is 0 Å². The molecule has 3 unspecified atom stereocenters. The first-order chi connectivity index (χ1) is 9.77. The van der Waals surface area contributed by atoms with E-state index >= 15 is 0 Å². The van der Waals surface area contributed by atoms with Gasteiger partial charge in [0.1, 0.15) is 5.75 Å². The van der Waals surface area contributed by atoms with E-state index in [9.17, 15) is 0 Å². The largest absolute Gasteiger partial charge is 0.493 e. The second kappa shape index (κ2) is 7.68. The molecule has 0 aliphatic carbocycles. The molecule has 1 aromatic carbocycles. The van der Waals surface area contributed by atoms with E-state index < -0.39 is 0 Å². The predicted molar refractivity (Wildman–Crippen MR) is 85.4 cm³/mol. The average molecular weight is 275 g/mol. The van der Waals surface area contributed by atoms with Crippen LogP contribution in [0.15, 0.2) is 24.3 Å². The number of rotatable bonds is 7. The molecule has 1 aliphatic heterocycles. The Bertz CT molecular complexity index is 404. The van der Waals surface area contributed by atoms with Gasteiger partial charge in [0, 0.05) is 12.0 Å². The Morgan fingerprint density at radius 3 is 2.80 bits per heavy atom. The second-order valence-electron chi connectivity index (χ2n) is 6.03. The standard InChI is InChI=1S/C18H29NO/c1-4-8-14(3)18(19-12-5-2)16-11-13-20-17-10-7-6-9-15(16)17/h6-7,9-10,14,16,18-19H,4-5,8,11-13H2,1-3H3. The van der Waals surface area contributed by atoms with Gasteiger partial charge in [-0.15, -0.1) is 0 Å². The van der Waals surface area contributed by atoms with Crippen LogP contribution in [0.2, 0.25) is 0 Å². The molecule has 0 saturated carbocycles. The molecule has 0 spiro atoms. The van der Waals surface area contributed by atoms with Crippen LogP contribution in [0.3, 0.4) is 0 Å². The minimum absolute atomic E-state index is 0.569. The topological polar surface area (TPSA) is 21.3 Å². The van der Waals surface area contributed by atoms with E-state index in [0.717, 1.165) is 25.3 Å². The van der Waals surface area contributed by atoms with Crippen LogP contribution in [0.4, 0.5) is 0 Å². The first kappa shape index (κ1) is 15.4. The molecule has 1 aliphatic rings. The highest BCUT2D eigenvalue weighted by atomic mass is 16.5. The lowest BCUT2D eigenvalue weighted by Gasteiger charge is -2.36. The molecule has 1 heterocycles. The summed E-state index contributed by atoms with van der Waals surface area (Å²) in [6.07, 6.45) is 4.88. The number of ether oxygens (including phenoxy) is 1. The van der Waals surface area contributed by atoms with Gasteiger partial charge in [0.05, 0.1) is 6.61 Å². The molecule has 0 radical (unpaired) electrons. The third-order valence-electron chi connectivity index (χ3n) is 4.43. The summed E-state index contributed by atoms with van der Waals surface area (Å²) in [7, 11) is 0. The molecule has 0 fully saturated rings. The lowest BCUT2D eigenvalue weighted by molar-refractivity contribution is 0.217. The van der Waals surface area contributed by atoms with Crippen LogP contribution < -0.4 is 10.1 Å². The molecule has 0 amide bonds. The predicted octanol–water partition coefficient (Wildman–Crippen LogP) is 4.36. The van der Waals surface area contributed by atoms with Crippen LogP contribution >= 0.6 is 0 Å². The van der Waals surface area contributed by atoms with E-state index in [4.69, 9.17) is 4.74 Å². The van der Waals surface area contributed by atoms with Crippen molar-refractivity contribution in [3.8, 4) is 5.75 Å². The van der Waals surface area contributed by atoms with Gasteiger partial charge < -0.3 is 10.1 Å². The molecule has 0 aromatic heterocycles. The lowest BCUT2D eigenvalue weighted by Crippen LogP contribution is -2.42. The van der Waals surface area contributed by atoms with Crippen LogP contribution in [-0.2, 0) is 0 Å². The Morgan fingerprint density at radius 1 is 1.25 bits per heavy atom. The number of fused-ring (bicyclic) bond motifs is 1. The zero-order chi connectivity index (χ0) is 14.4. The van der Waals surface area contributed by atoms with Crippen LogP contribution in [0, 0.1) is 5.92 Å². The number of hydrogen-bond acceptors (Lipinski definition) is 2. The summed E-state index contributed by atoms with van der Waals surface area (Å²) in [5, 5.41) is 3.81. The van der Waals surface area contributed by atoms with Crippen molar-refractivity contribution in [3.05, 3.63) is 29.8 Å². The fourth-order valence-electron chi connectivity index (χ4n) is 3.43. The SMILES string of the molecule is CCCNC(C(C)CCC)C1CCOc2ccccc21. The molecule has 0 saturated heterocycles. The van der Waals surface area contributed by atoms with Gasteiger partial charge >= 0.3 is 0 Å². The third kappa shape index (κ3) is 3.54. The smallest absolute Gasteiger partial charge is 0.122 e. The van der Waals surface area contributed by atoms with Crippen molar-refractivity contribution in [1.29, 1.82) is 0 Å². The highest BCUT2D eigenvalue weighted by Crippen LogP contribution is 2.38. The summed E-state index contributed by atoms with van der Waals surface area (Å²) < 4.78 is 5.82. The number of hydrogen-bond donors (Lipinski definition) is 1. The molecule has 2 rings (SSSR count). The van der Waals surface area contributed by atoms with Gasteiger partial charge in [-0.05, 0) is 43.4 Å². The second-order valence-corrected chi connectivity index (χ2v) is 6.03. The van der Waals surface area contributed by atoms with Gasteiger partial charge in [-0.25, -0.2) is 0 Å². The number of nitrogens with one attached hydrogen (secondary N) is 1. The van der Waals surface area contributed by atoms with Crippen molar-refractivity contribution < 1.29 is 4.74 Å². The number of para-hydroxylation sites is 1. The van der Waals surface area contributed by atoms with Crippen molar-refractivity contribution in [3.63, 3.8) is 0 Å². The maximum absolute atomic E-state index is 5.82. The Labute approximate surface area is 123 Å². The number of benzene rings is 1. The molecule has 1 N–H and O–H groups in total. The van der Waals surface area contributed by atoms with Gasteiger partial charge in [-0.3, -0.25) is 0 Å². The molecule has 2 nitrogen and oxygen atoms in total. The zero-order valence-electron chi connectivity index (χ0n) is 13.2. The van der Waals surface area contributed by atoms with Crippen molar-refractivity contribution in [2.75, 3.05) is 13.2 Å².